The van der Waals surface area contributed by atoms with Gasteiger partial charge in [0, 0.05) is 24.8 Å². The largest absolute Gasteiger partial charge is 0.377 e. The minimum atomic E-state index is -3.50. The summed E-state index contributed by atoms with van der Waals surface area (Å²) in [5, 5.41) is 3.11. The van der Waals surface area contributed by atoms with Gasteiger partial charge in [-0.25, -0.2) is 23.4 Å². The lowest BCUT2D eigenvalue weighted by atomic mass is 10.2. The third-order valence-corrected chi connectivity index (χ3v) is 5.70. The highest BCUT2D eigenvalue weighted by molar-refractivity contribution is 7.92. The first-order valence-corrected chi connectivity index (χ1v) is 12.1. The fourth-order valence-corrected chi connectivity index (χ4v) is 4.19. The molecule has 10 nitrogen and oxygen atoms in total. The van der Waals surface area contributed by atoms with E-state index in [9.17, 15) is 8.42 Å². The van der Waals surface area contributed by atoms with Crippen LogP contribution in [0.2, 0.25) is 0 Å². The van der Waals surface area contributed by atoms with Crippen molar-refractivity contribution in [3.8, 4) is 11.5 Å². The second-order valence-electron chi connectivity index (χ2n) is 7.59. The van der Waals surface area contributed by atoms with Crippen LogP contribution in [0.25, 0.3) is 22.6 Å². The molecular formula is C20H27N7O3S. The molecule has 1 aliphatic rings. The highest BCUT2D eigenvalue weighted by Crippen LogP contribution is 2.26. The Kier molecular flexibility index (Phi) is 6.08. The summed E-state index contributed by atoms with van der Waals surface area (Å²) in [6.07, 6.45) is 1.99. The molecule has 0 aliphatic carbocycles. The molecule has 4 heterocycles. The van der Waals surface area contributed by atoms with Crippen LogP contribution in [0.5, 0.6) is 0 Å². The molecule has 3 aromatic heterocycles. The fraction of sp³-hybridized carbons (Fsp3) is 0.450. The number of aromatic nitrogens is 4. The molecule has 3 N–H and O–H groups in total. The summed E-state index contributed by atoms with van der Waals surface area (Å²) < 4.78 is 31.8. The molecule has 0 aromatic carbocycles. The Morgan fingerprint density at radius 3 is 2.84 bits per heavy atom. The summed E-state index contributed by atoms with van der Waals surface area (Å²) in [6.45, 7) is 4.66. The Hall–Kier alpha value is -2.76. The quantitative estimate of drug-likeness (QED) is 0.502. The number of rotatable bonds is 7. The molecule has 1 saturated heterocycles. The maximum absolute atomic E-state index is 11.9. The zero-order valence-corrected chi connectivity index (χ0v) is 18.7. The zero-order valence-electron chi connectivity index (χ0n) is 17.8. The molecular weight excluding hydrogens is 418 g/mol. The van der Waals surface area contributed by atoms with E-state index in [1.54, 1.807) is 6.07 Å². The van der Waals surface area contributed by atoms with Gasteiger partial charge >= 0.3 is 0 Å². The molecule has 0 radical (unpaired) electrons. The molecule has 4 rings (SSSR count). The predicted molar refractivity (Wildman–Crippen MR) is 121 cm³/mol. The predicted octanol–water partition coefficient (Wildman–Crippen LogP) is 1.73. The van der Waals surface area contributed by atoms with Crippen molar-refractivity contribution in [2.45, 2.75) is 25.9 Å². The number of fused-ring (bicyclic) bond motifs is 1. The van der Waals surface area contributed by atoms with E-state index in [-0.39, 0.29) is 11.9 Å². The van der Waals surface area contributed by atoms with Crippen LogP contribution < -0.4 is 14.9 Å². The molecule has 0 spiro atoms. The first kappa shape index (κ1) is 21.5. The van der Waals surface area contributed by atoms with Crippen LogP contribution in [0.3, 0.4) is 0 Å². The smallest absolute Gasteiger partial charge is 0.230 e. The van der Waals surface area contributed by atoms with Crippen molar-refractivity contribution in [3.63, 3.8) is 0 Å². The van der Waals surface area contributed by atoms with Gasteiger partial charge in [0.05, 0.1) is 36.5 Å². The van der Waals surface area contributed by atoms with Gasteiger partial charge in [-0.05, 0) is 31.7 Å². The summed E-state index contributed by atoms with van der Waals surface area (Å²) in [5.41, 5.74) is 3.31. The minimum Gasteiger partial charge on any atom is -0.377 e. The van der Waals surface area contributed by atoms with E-state index in [0.717, 1.165) is 29.4 Å². The van der Waals surface area contributed by atoms with E-state index in [1.165, 1.54) is 0 Å². The molecule has 31 heavy (non-hydrogen) atoms. The number of pyridine rings is 1. The maximum atomic E-state index is 11.9. The Bertz CT molecular complexity index is 1180. The van der Waals surface area contributed by atoms with Crippen molar-refractivity contribution < 1.29 is 13.2 Å². The summed E-state index contributed by atoms with van der Waals surface area (Å²) in [7, 11) is -1.61. The second kappa shape index (κ2) is 8.77. The SMILES string of the molecule is CC[C@H]1COCCN1c1cc(NS(C)(=O)=O)nc(-c2ccc3[nH]c(CNC)cc3n2)n1. The number of anilines is 2. The number of nitrogens with zero attached hydrogens (tertiary/aromatic N) is 4. The van der Waals surface area contributed by atoms with Gasteiger partial charge in [-0.3, -0.25) is 4.72 Å². The van der Waals surface area contributed by atoms with Gasteiger partial charge in [-0.1, -0.05) is 6.92 Å². The lowest BCUT2D eigenvalue weighted by Gasteiger charge is -2.36. The summed E-state index contributed by atoms with van der Waals surface area (Å²) in [5.74, 6) is 1.23. The highest BCUT2D eigenvalue weighted by Gasteiger charge is 2.24. The highest BCUT2D eigenvalue weighted by atomic mass is 32.2. The van der Waals surface area contributed by atoms with E-state index < -0.39 is 10.0 Å². The monoisotopic (exact) mass is 445 g/mol. The Morgan fingerprint density at radius 1 is 1.26 bits per heavy atom. The van der Waals surface area contributed by atoms with Crippen molar-refractivity contribution in [1.82, 2.24) is 25.3 Å². The number of sulfonamides is 1. The first-order chi connectivity index (χ1) is 14.9. The van der Waals surface area contributed by atoms with E-state index in [2.05, 4.69) is 31.8 Å². The summed E-state index contributed by atoms with van der Waals surface area (Å²) in [6, 6.07) is 7.57. The van der Waals surface area contributed by atoms with Crippen LogP contribution in [0.15, 0.2) is 24.3 Å². The number of morpholine rings is 1. The van der Waals surface area contributed by atoms with Crippen LogP contribution in [0, 0.1) is 0 Å². The van der Waals surface area contributed by atoms with Crippen LogP contribution in [-0.4, -0.2) is 67.5 Å². The van der Waals surface area contributed by atoms with Gasteiger partial charge in [-0.2, -0.15) is 0 Å². The van der Waals surface area contributed by atoms with Crippen molar-refractivity contribution in [3.05, 3.63) is 30.0 Å². The Morgan fingerprint density at radius 2 is 2.10 bits per heavy atom. The third-order valence-electron chi connectivity index (χ3n) is 5.12. The van der Waals surface area contributed by atoms with Crippen LogP contribution in [-0.2, 0) is 21.3 Å². The molecule has 3 aromatic rings. The van der Waals surface area contributed by atoms with Crippen molar-refractivity contribution in [1.29, 1.82) is 0 Å². The molecule has 0 bridgehead atoms. The molecule has 1 aliphatic heterocycles. The summed E-state index contributed by atoms with van der Waals surface area (Å²) in [4.78, 5) is 19.3. The fourth-order valence-electron chi connectivity index (χ4n) is 3.71. The average molecular weight is 446 g/mol. The maximum Gasteiger partial charge on any atom is 0.230 e. The Labute approximate surface area is 181 Å². The number of nitrogens with one attached hydrogen (secondary N) is 3. The molecule has 166 valence electrons. The average Bonchev–Trinajstić information content (AvgIpc) is 3.14. The third kappa shape index (κ3) is 4.94. The number of H-pyrrole nitrogens is 1. The second-order valence-corrected chi connectivity index (χ2v) is 9.34. The summed E-state index contributed by atoms with van der Waals surface area (Å²) >= 11 is 0. The Balaban J connectivity index is 1.78. The molecule has 0 saturated carbocycles. The molecule has 1 fully saturated rings. The molecule has 0 unspecified atom stereocenters. The van der Waals surface area contributed by atoms with Crippen molar-refractivity contribution in [2.75, 3.05) is 42.7 Å². The van der Waals surface area contributed by atoms with Gasteiger partial charge in [0.15, 0.2) is 5.82 Å². The first-order valence-electron chi connectivity index (χ1n) is 10.2. The van der Waals surface area contributed by atoms with Gasteiger partial charge < -0.3 is 19.9 Å². The van der Waals surface area contributed by atoms with Crippen LogP contribution in [0.1, 0.15) is 19.0 Å². The lowest BCUT2D eigenvalue weighted by Crippen LogP contribution is -2.45. The van der Waals surface area contributed by atoms with Crippen LogP contribution >= 0.6 is 0 Å². The molecule has 1 atom stereocenters. The number of hydrogen-bond donors (Lipinski definition) is 3. The van der Waals surface area contributed by atoms with Crippen molar-refractivity contribution in [2.24, 2.45) is 0 Å². The van der Waals surface area contributed by atoms with E-state index in [4.69, 9.17) is 14.7 Å². The lowest BCUT2D eigenvalue weighted by molar-refractivity contribution is 0.0926. The van der Waals surface area contributed by atoms with Crippen LogP contribution in [0.4, 0.5) is 11.6 Å². The topological polar surface area (TPSA) is 125 Å². The number of ether oxygens (including phenoxy) is 1. The van der Waals surface area contributed by atoms with Gasteiger partial charge in [-0.15, -0.1) is 0 Å². The normalized spacial score (nSPS) is 17.3. The molecule has 11 heteroatoms. The minimum absolute atomic E-state index is 0.159. The van der Waals surface area contributed by atoms with Crippen molar-refractivity contribution >= 4 is 32.7 Å². The number of hydrogen-bond acceptors (Lipinski definition) is 8. The standard InChI is InChI=1S/C20H27N7O3S/c1-4-14-12-30-8-7-27(14)19-10-18(26-31(3,28)29)24-20(25-19)16-6-5-15-17(23-16)9-13(22-15)11-21-2/h5-6,9-10,14,21-22H,4,7-8,11-12H2,1-3H3,(H,24,25,26)/t14-/m0/s1. The van der Waals surface area contributed by atoms with Gasteiger partial charge in [0.2, 0.25) is 10.0 Å². The van der Waals surface area contributed by atoms with E-state index >= 15 is 0 Å². The molecule has 0 amide bonds. The van der Waals surface area contributed by atoms with E-state index in [1.807, 2.05) is 25.2 Å². The zero-order chi connectivity index (χ0) is 22.0. The van der Waals surface area contributed by atoms with Gasteiger partial charge in [0.25, 0.3) is 0 Å². The van der Waals surface area contributed by atoms with Gasteiger partial charge in [0.1, 0.15) is 17.3 Å². The number of aromatic amines is 1. The van der Waals surface area contributed by atoms with E-state index in [0.29, 0.717) is 43.6 Å².